The molecule has 0 saturated carbocycles. The Kier molecular flexibility index (Phi) is 3.59. The molecular weight excluding hydrogens is 285 g/mol. The summed E-state index contributed by atoms with van der Waals surface area (Å²) in [5, 5.41) is 18.5. The molecule has 0 aromatic heterocycles. The van der Waals surface area contributed by atoms with Crippen LogP contribution in [0.1, 0.15) is 12.0 Å². The molecule has 0 fully saturated rings. The van der Waals surface area contributed by atoms with Crippen LogP contribution in [0.4, 0.5) is 18.9 Å². The molecule has 1 heterocycles. The first-order valence-electron chi connectivity index (χ1n) is 6.07. The van der Waals surface area contributed by atoms with Crippen molar-refractivity contribution in [2.45, 2.75) is 18.4 Å². The molecule has 1 unspecified atom stereocenters. The van der Waals surface area contributed by atoms with Gasteiger partial charge < -0.3 is 14.7 Å². The van der Waals surface area contributed by atoms with Gasteiger partial charge in [0.1, 0.15) is 5.76 Å². The highest BCUT2D eigenvalue weighted by Crippen LogP contribution is 2.46. The van der Waals surface area contributed by atoms with Crippen LogP contribution in [-0.4, -0.2) is 31.2 Å². The Bertz CT molecular complexity index is 615. The number of hydrogen-bond donors (Lipinski definition) is 1. The lowest BCUT2D eigenvalue weighted by Gasteiger charge is -2.25. The maximum atomic E-state index is 12.8. The molecule has 1 N–H and O–H groups in total. The molecule has 0 saturated heterocycles. The minimum Gasteiger partial charge on any atom is -0.451 e. The molecule has 1 aromatic carbocycles. The van der Waals surface area contributed by atoms with Gasteiger partial charge in [-0.3, -0.25) is 0 Å². The number of alkyl halides is 3. The monoisotopic (exact) mass is 298 g/mol. The number of aliphatic hydroxyl groups is 1. The molecular formula is C14H13F3N2O2. The quantitative estimate of drug-likeness (QED) is 0.912. The summed E-state index contributed by atoms with van der Waals surface area (Å²) < 4.78 is 43.1. The molecule has 0 bridgehead atoms. The van der Waals surface area contributed by atoms with Gasteiger partial charge >= 0.3 is 12.0 Å². The van der Waals surface area contributed by atoms with Crippen molar-refractivity contribution in [3.63, 3.8) is 0 Å². The topological polar surface area (TPSA) is 56.5 Å². The average molecular weight is 298 g/mol. The van der Waals surface area contributed by atoms with Gasteiger partial charge in [0.25, 0.3) is 0 Å². The Morgan fingerprint density at radius 2 is 1.86 bits per heavy atom. The van der Waals surface area contributed by atoms with E-state index in [1.807, 2.05) is 19.0 Å². The van der Waals surface area contributed by atoms with Crippen LogP contribution in [0, 0.1) is 11.3 Å². The fourth-order valence-electron chi connectivity index (χ4n) is 1.98. The molecule has 1 atom stereocenters. The minimum absolute atomic E-state index is 0.229. The van der Waals surface area contributed by atoms with E-state index in [2.05, 4.69) is 4.74 Å². The van der Waals surface area contributed by atoms with E-state index in [0.29, 0.717) is 5.56 Å². The second-order valence-electron chi connectivity index (χ2n) is 4.92. The second-order valence-corrected chi connectivity index (χ2v) is 4.92. The first kappa shape index (κ1) is 15.2. The Hall–Kier alpha value is -2.20. The first-order chi connectivity index (χ1) is 9.68. The standard InChI is InChI=1S/C14H13F3N2O2/c1-19(2)11-5-3-9(4-6-11)12-10(8-18)7-13(20,21-12)14(15,16)17/h3-6,20H,7H2,1-2H3. The highest BCUT2D eigenvalue weighted by Gasteiger charge is 2.60. The Balaban J connectivity index is 2.36. The number of ether oxygens (including phenoxy) is 1. The highest BCUT2D eigenvalue weighted by molar-refractivity contribution is 5.70. The van der Waals surface area contributed by atoms with E-state index in [9.17, 15) is 18.3 Å². The Morgan fingerprint density at radius 1 is 1.29 bits per heavy atom. The molecule has 7 heteroatoms. The van der Waals surface area contributed by atoms with Gasteiger partial charge in [-0.25, -0.2) is 0 Å². The number of halogens is 3. The van der Waals surface area contributed by atoms with Crippen LogP contribution < -0.4 is 4.90 Å². The van der Waals surface area contributed by atoms with Gasteiger partial charge in [0.05, 0.1) is 18.1 Å². The summed E-state index contributed by atoms with van der Waals surface area (Å²) >= 11 is 0. The lowest BCUT2D eigenvalue weighted by Crippen LogP contribution is -2.44. The molecule has 1 aliphatic heterocycles. The number of hydrogen-bond acceptors (Lipinski definition) is 4. The molecule has 0 spiro atoms. The maximum Gasteiger partial charge on any atom is 0.455 e. The third-order valence-corrected chi connectivity index (χ3v) is 3.19. The summed E-state index contributed by atoms with van der Waals surface area (Å²) in [5.41, 5.74) is 0.937. The number of anilines is 1. The van der Waals surface area contributed by atoms with Crippen molar-refractivity contribution < 1.29 is 23.0 Å². The van der Waals surface area contributed by atoms with Crippen LogP contribution in [0.2, 0.25) is 0 Å². The molecule has 0 aliphatic carbocycles. The molecule has 21 heavy (non-hydrogen) atoms. The van der Waals surface area contributed by atoms with Crippen LogP contribution in [0.5, 0.6) is 0 Å². The van der Waals surface area contributed by atoms with Crippen LogP contribution >= 0.6 is 0 Å². The van der Waals surface area contributed by atoms with Crippen molar-refractivity contribution in [2.24, 2.45) is 0 Å². The van der Waals surface area contributed by atoms with Gasteiger partial charge in [0.15, 0.2) is 0 Å². The Morgan fingerprint density at radius 3 is 2.29 bits per heavy atom. The largest absolute Gasteiger partial charge is 0.455 e. The summed E-state index contributed by atoms with van der Waals surface area (Å²) in [6, 6.07) is 8.13. The molecule has 2 rings (SSSR count). The molecule has 1 aromatic rings. The fraction of sp³-hybridized carbons (Fsp3) is 0.357. The number of benzene rings is 1. The van der Waals surface area contributed by atoms with Gasteiger partial charge in [-0.15, -0.1) is 0 Å². The van der Waals surface area contributed by atoms with Crippen molar-refractivity contribution in [1.29, 1.82) is 5.26 Å². The van der Waals surface area contributed by atoms with Crippen molar-refractivity contribution >= 4 is 11.4 Å². The summed E-state index contributed by atoms with van der Waals surface area (Å²) in [4.78, 5) is 1.82. The maximum absolute atomic E-state index is 12.8. The van der Waals surface area contributed by atoms with E-state index in [1.165, 1.54) is 0 Å². The smallest absolute Gasteiger partial charge is 0.451 e. The van der Waals surface area contributed by atoms with E-state index in [0.717, 1.165) is 5.69 Å². The zero-order valence-corrected chi connectivity index (χ0v) is 11.4. The molecule has 112 valence electrons. The molecule has 1 aliphatic rings. The van der Waals surface area contributed by atoms with Gasteiger partial charge in [-0.05, 0) is 24.3 Å². The SMILES string of the molecule is CN(C)c1ccc(C2=C(C#N)CC(O)(C(F)(F)F)O2)cc1. The van der Waals surface area contributed by atoms with E-state index in [4.69, 9.17) is 5.26 Å². The fourth-order valence-corrected chi connectivity index (χ4v) is 1.98. The summed E-state index contributed by atoms with van der Waals surface area (Å²) in [6.45, 7) is 0. The summed E-state index contributed by atoms with van der Waals surface area (Å²) in [5.74, 6) is -3.57. The summed E-state index contributed by atoms with van der Waals surface area (Å²) in [7, 11) is 3.65. The van der Waals surface area contributed by atoms with Crippen LogP contribution in [0.25, 0.3) is 5.76 Å². The minimum atomic E-state index is -4.97. The summed E-state index contributed by atoms with van der Waals surface area (Å²) in [6.07, 6.45) is -5.88. The van der Waals surface area contributed by atoms with Gasteiger partial charge in [0.2, 0.25) is 0 Å². The molecule has 0 radical (unpaired) electrons. The number of nitrogens with zero attached hydrogens (tertiary/aromatic N) is 2. The predicted octanol–water partition coefficient (Wildman–Crippen LogP) is 2.66. The number of rotatable bonds is 2. The van der Waals surface area contributed by atoms with Gasteiger partial charge in [0, 0.05) is 25.3 Å². The van der Waals surface area contributed by atoms with Crippen molar-refractivity contribution in [1.82, 2.24) is 0 Å². The predicted molar refractivity (Wildman–Crippen MR) is 70.0 cm³/mol. The van der Waals surface area contributed by atoms with Gasteiger partial charge in [-0.2, -0.15) is 18.4 Å². The van der Waals surface area contributed by atoms with Crippen LogP contribution in [-0.2, 0) is 4.74 Å². The van der Waals surface area contributed by atoms with E-state index >= 15 is 0 Å². The zero-order valence-electron chi connectivity index (χ0n) is 11.4. The zero-order chi connectivity index (χ0) is 15.8. The van der Waals surface area contributed by atoms with Crippen molar-refractivity contribution in [3.8, 4) is 6.07 Å². The second kappa shape index (κ2) is 4.97. The number of nitriles is 1. The normalized spacial score (nSPS) is 22.0. The van der Waals surface area contributed by atoms with Gasteiger partial charge in [-0.1, -0.05) is 0 Å². The molecule has 4 nitrogen and oxygen atoms in total. The van der Waals surface area contributed by atoms with E-state index in [-0.39, 0.29) is 11.3 Å². The molecule has 0 amide bonds. The van der Waals surface area contributed by atoms with Crippen molar-refractivity contribution in [2.75, 3.05) is 19.0 Å². The lowest BCUT2D eigenvalue weighted by molar-refractivity contribution is -0.337. The third-order valence-electron chi connectivity index (χ3n) is 3.19. The third kappa shape index (κ3) is 2.67. The lowest BCUT2D eigenvalue weighted by atomic mass is 10.1. The van der Waals surface area contributed by atoms with E-state index < -0.39 is 18.4 Å². The average Bonchev–Trinajstić information content (AvgIpc) is 2.77. The van der Waals surface area contributed by atoms with Crippen LogP contribution in [0.15, 0.2) is 29.8 Å². The van der Waals surface area contributed by atoms with Crippen LogP contribution in [0.3, 0.4) is 0 Å². The Labute approximate surface area is 119 Å². The first-order valence-corrected chi connectivity index (χ1v) is 6.07. The van der Waals surface area contributed by atoms with E-state index in [1.54, 1.807) is 30.3 Å². The van der Waals surface area contributed by atoms with Crippen molar-refractivity contribution in [3.05, 3.63) is 35.4 Å². The highest BCUT2D eigenvalue weighted by atomic mass is 19.4.